The first-order chi connectivity index (χ1) is 16.3. The van der Waals surface area contributed by atoms with Gasteiger partial charge < -0.3 is 14.4 Å². The molecular formula is C25H32ClFN4O2S. The molecule has 5 rings (SSSR count). The lowest BCUT2D eigenvalue weighted by Crippen LogP contribution is -2.43. The van der Waals surface area contributed by atoms with Crippen molar-refractivity contribution in [2.45, 2.75) is 32.0 Å². The molecule has 3 aliphatic heterocycles. The molecule has 0 aliphatic carbocycles. The first-order valence-electron chi connectivity index (χ1n) is 11.7. The van der Waals surface area contributed by atoms with Crippen molar-refractivity contribution in [3.63, 3.8) is 0 Å². The summed E-state index contributed by atoms with van der Waals surface area (Å²) in [6.07, 6.45) is -0.159. The number of likely N-dealkylation sites (tertiary alicyclic amines) is 1. The summed E-state index contributed by atoms with van der Waals surface area (Å²) in [5, 5.41) is 0.323. The first kappa shape index (κ1) is 23.9. The third-order valence-corrected chi connectivity index (χ3v) is 9.25. The van der Waals surface area contributed by atoms with Crippen LogP contribution in [-0.4, -0.2) is 71.9 Å². The van der Waals surface area contributed by atoms with E-state index in [1.54, 1.807) is 23.1 Å². The van der Waals surface area contributed by atoms with Gasteiger partial charge in [0, 0.05) is 49.1 Å². The number of halogens is 2. The van der Waals surface area contributed by atoms with E-state index in [2.05, 4.69) is 30.5 Å². The fraction of sp³-hybridized carbons (Fsp3) is 0.480. The van der Waals surface area contributed by atoms with Crippen LogP contribution < -0.4 is 4.72 Å². The maximum Gasteiger partial charge on any atom is 0.255 e. The first-order valence-corrected chi connectivity index (χ1v) is 13.3. The molecule has 2 aromatic rings. The maximum atomic E-state index is 15.3. The number of thiol groups is 1. The number of hydrogen-bond donors (Lipinski definition) is 2. The molecule has 9 heteroatoms. The summed E-state index contributed by atoms with van der Waals surface area (Å²) in [7, 11) is 2.11. The molecule has 2 aromatic carbocycles. The van der Waals surface area contributed by atoms with Crippen LogP contribution in [0.5, 0.6) is 0 Å². The van der Waals surface area contributed by atoms with Crippen molar-refractivity contribution < 1.29 is 13.4 Å². The predicted molar refractivity (Wildman–Crippen MR) is 137 cm³/mol. The van der Waals surface area contributed by atoms with Gasteiger partial charge in [-0.05, 0) is 36.2 Å². The van der Waals surface area contributed by atoms with Crippen molar-refractivity contribution in [1.29, 1.82) is 0 Å². The van der Waals surface area contributed by atoms with Gasteiger partial charge in [0.1, 0.15) is 6.10 Å². The number of nitrogens with one attached hydrogen (secondary N) is 1. The molecule has 3 aliphatic rings. The summed E-state index contributed by atoms with van der Waals surface area (Å²) in [6, 6.07) is 15.5. The Kier molecular flexibility index (Phi) is 6.54. The summed E-state index contributed by atoms with van der Waals surface area (Å²) in [5.41, 5.74) is 2.12. The van der Waals surface area contributed by atoms with Crippen LogP contribution >= 0.6 is 23.3 Å². The van der Waals surface area contributed by atoms with E-state index in [9.17, 15) is 4.79 Å². The van der Waals surface area contributed by atoms with Crippen LogP contribution in [0, 0.1) is 5.41 Å². The van der Waals surface area contributed by atoms with Crippen LogP contribution in [0.2, 0.25) is 5.02 Å². The normalized spacial score (nSPS) is 28.2. The van der Waals surface area contributed by atoms with Crippen molar-refractivity contribution in [2.75, 3.05) is 44.6 Å². The highest BCUT2D eigenvalue weighted by Gasteiger charge is 2.56. The van der Waals surface area contributed by atoms with E-state index in [-0.39, 0.29) is 23.5 Å². The van der Waals surface area contributed by atoms with Crippen LogP contribution in [0.4, 0.5) is 9.57 Å². The quantitative estimate of drug-likeness (QED) is 0.575. The monoisotopic (exact) mass is 506 g/mol. The zero-order valence-electron chi connectivity index (χ0n) is 19.7. The van der Waals surface area contributed by atoms with Gasteiger partial charge in [-0.1, -0.05) is 55.8 Å². The smallest absolute Gasteiger partial charge is 0.255 e. The van der Waals surface area contributed by atoms with Gasteiger partial charge in [-0.25, -0.2) is 4.31 Å². The Bertz CT molecular complexity index is 1060. The molecule has 3 fully saturated rings. The summed E-state index contributed by atoms with van der Waals surface area (Å²) in [6.45, 7) is 7.48. The van der Waals surface area contributed by atoms with Gasteiger partial charge in [0.25, 0.3) is 5.91 Å². The average molecular weight is 507 g/mol. The summed E-state index contributed by atoms with van der Waals surface area (Å²) in [4.78, 5) is 17.3. The topological polar surface area (TPSA) is 48.0 Å². The van der Waals surface area contributed by atoms with Crippen LogP contribution in [0.3, 0.4) is 0 Å². The lowest BCUT2D eigenvalue weighted by molar-refractivity contribution is -0.0228. The van der Waals surface area contributed by atoms with Crippen LogP contribution in [-0.2, 0) is 4.74 Å². The zero-order chi connectivity index (χ0) is 24.0. The molecule has 1 unspecified atom stereocenters. The molecule has 0 radical (unpaired) electrons. The summed E-state index contributed by atoms with van der Waals surface area (Å²) in [5.74, 6) is -0.134. The second-order valence-electron chi connectivity index (χ2n) is 10.0. The van der Waals surface area contributed by atoms with E-state index in [1.165, 1.54) is 0 Å². The van der Waals surface area contributed by atoms with Crippen molar-refractivity contribution >= 4 is 34.8 Å². The fourth-order valence-electron chi connectivity index (χ4n) is 5.58. The fourth-order valence-corrected chi connectivity index (χ4v) is 7.23. The lowest BCUT2D eigenvalue weighted by atomic mass is 9.85. The van der Waals surface area contributed by atoms with Gasteiger partial charge in [-0.3, -0.25) is 9.69 Å². The number of amides is 1. The van der Waals surface area contributed by atoms with Crippen molar-refractivity contribution in [1.82, 2.24) is 14.1 Å². The summed E-state index contributed by atoms with van der Waals surface area (Å²) < 4.78 is 26.2. The summed E-state index contributed by atoms with van der Waals surface area (Å²) >= 11 is 4.47. The Balaban J connectivity index is 1.25. The number of carbonyl (C=O) groups excluding carboxylic acids is 1. The molecule has 0 saturated carbocycles. The van der Waals surface area contributed by atoms with Gasteiger partial charge >= 0.3 is 0 Å². The number of nitrogens with zero attached hydrogens (tertiary/aromatic N) is 3. The minimum atomic E-state index is -2.05. The highest BCUT2D eigenvalue weighted by molar-refractivity contribution is 8.11. The second-order valence-corrected chi connectivity index (χ2v) is 11.7. The second kappa shape index (κ2) is 9.32. The number of hydrogen-bond acceptors (Lipinski definition) is 5. The van der Waals surface area contributed by atoms with Crippen molar-refractivity contribution in [2.24, 2.45) is 5.41 Å². The number of morpholine rings is 1. The SMILES string of the molecule is CN1C[C@@H]2N([SH](F)Nc3ccc(C(=O)N4CCO[C@@H](c5ccccc5)C4)c(Cl)c3)C[C@H]1C2(C)C. The third-order valence-electron chi connectivity index (χ3n) is 7.60. The largest absolute Gasteiger partial charge is 0.370 e. The molecule has 34 heavy (non-hydrogen) atoms. The van der Waals surface area contributed by atoms with Gasteiger partial charge in [-0.2, -0.15) is 3.89 Å². The van der Waals surface area contributed by atoms with Gasteiger partial charge in [-0.15, -0.1) is 0 Å². The molecule has 6 nitrogen and oxygen atoms in total. The molecule has 1 amide bonds. The Labute approximate surface area is 208 Å². The highest BCUT2D eigenvalue weighted by atomic mass is 35.5. The lowest BCUT2D eigenvalue weighted by Gasteiger charge is -2.36. The molecule has 0 spiro atoms. The Hall–Kier alpha value is -1.84. The number of benzene rings is 2. The highest BCUT2D eigenvalue weighted by Crippen LogP contribution is 2.52. The third kappa shape index (κ3) is 4.31. The van der Waals surface area contributed by atoms with Crippen molar-refractivity contribution in [3.05, 3.63) is 64.7 Å². The van der Waals surface area contributed by atoms with E-state index in [4.69, 9.17) is 16.3 Å². The molecule has 3 saturated heterocycles. The number of likely N-dealkylation sites (N-methyl/N-ethyl adjacent to an activating group) is 1. The van der Waals surface area contributed by atoms with Gasteiger partial charge in [0.05, 0.1) is 23.7 Å². The minimum Gasteiger partial charge on any atom is -0.370 e. The Morgan fingerprint density at radius 3 is 2.56 bits per heavy atom. The maximum absolute atomic E-state index is 15.3. The van der Waals surface area contributed by atoms with E-state index in [1.807, 2.05) is 34.6 Å². The van der Waals surface area contributed by atoms with E-state index in [0.717, 1.165) is 12.1 Å². The molecule has 0 aromatic heterocycles. The van der Waals surface area contributed by atoms with Crippen molar-refractivity contribution in [3.8, 4) is 0 Å². The zero-order valence-corrected chi connectivity index (χ0v) is 21.4. The standard InChI is InChI=1S/C25H32ClFN4O2S/c1-25(2)22-16-31(23(25)15-29(22)3)34(27)28-18-9-10-19(20(26)13-18)24(32)30-11-12-33-21(14-30)17-7-5-4-6-8-17/h4-10,13,21-23,28,34H,11-12,14-16H2,1-3H3/t21-,22+,23+/m1/s1. The van der Waals surface area contributed by atoms with Gasteiger partial charge in [0.2, 0.25) is 0 Å². The molecule has 3 heterocycles. The van der Waals surface area contributed by atoms with E-state index in [0.29, 0.717) is 48.6 Å². The van der Waals surface area contributed by atoms with E-state index < -0.39 is 11.7 Å². The molecular weight excluding hydrogens is 475 g/mol. The van der Waals surface area contributed by atoms with Crippen LogP contribution in [0.15, 0.2) is 48.5 Å². The number of ether oxygens (including phenoxy) is 1. The van der Waals surface area contributed by atoms with Crippen LogP contribution in [0.1, 0.15) is 35.9 Å². The number of rotatable bonds is 5. The predicted octanol–water partition coefficient (Wildman–Crippen LogP) is 4.71. The molecule has 2 bridgehead atoms. The Morgan fingerprint density at radius 1 is 1.15 bits per heavy atom. The van der Waals surface area contributed by atoms with E-state index >= 15 is 3.89 Å². The molecule has 4 atom stereocenters. The van der Waals surface area contributed by atoms with Gasteiger partial charge in [0.15, 0.2) is 0 Å². The number of piperazine rings is 1. The number of fused-ring (bicyclic) bond motifs is 2. The Morgan fingerprint density at radius 2 is 1.91 bits per heavy atom. The number of anilines is 1. The average Bonchev–Trinajstić information content (AvgIpc) is 3.22. The van der Waals surface area contributed by atoms with Crippen LogP contribution in [0.25, 0.3) is 0 Å². The molecule has 184 valence electrons. The molecule has 1 N–H and O–H groups in total. The number of carbonyl (C=O) groups is 1. The minimum absolute atomic E-state index is 0.0623.